The van der Waals surface area contributed by atoms with Gasteiger partial charge in [-0.3, -0.25) is 0 Å². The minimum absolute atomic E-state index is 0.109. The fourth-order valence-corrected chi connectivity index (χ4v) is 6.17. The lowest BCUT2D eigenvalue weighted by molar-refractivity contribution is -0.574. The van der Waals surface area contributed by atoms with Gasteiger partial charge in [-0.25, -0.2) is 8.42 Å². The van der Waals surface area contributed by atoms with Crippen molar-refractivity contribution in [1.29, 1.82) is 0 Å². The number of hydrogen-bond donors (Lipinski definition) is 0. The number of hydrogen-bond acceptors (Lipinski definition) is 4. The molecule has 27 heavy (non-hydrogen) atoms. The van der Waals surface area contributed by atoms with Crippen LogP contribution in [0.1, 0.15) is 0 Å². The van der Waals surface area contributed by atoms with Gasteiger partial charge in [-0.1, -0.05) is 46.7 Å². The molecule has 2 aromatic carbocycles. The minimum atomic E-state index is -3.85. The van der Waals surface area contributed by atoms with Crippen molar-refractivity contribution in [3.05, 3.63) is 82.1 Å². The molecule has 0 amide bonds. The molecule has 136 valence electrons. The lowest BCUT2D eigenvalue weighted by Crippen LogP contribution is -2.24. The smallest absolute Gasteiger partial charge is 0.282 e. The molecule has 0 aliphatic carbocycles. The molecule has 4 aromatic rings. The number of fused-ring (bicyclic) bond motifs is 1. The Morgan fingerprint density at radius 2 is 1.48 bits per heavy atom. The predicted octanol–water partition coefficient (Wildman–Crippen LogP) is 5.34. The largest absolute Gasteiger partial charge is 0.618 e. The van der Waals surface area contributed by atoms with Gasteiger partial charge in [0.15, 0.2) is 6.20 Å². The summed E-state index contributed by atoms with van der Waals surface area (Å²) in [6.45, 7) is 0. The Morgan fingerprint density at radius 1 is 0.889 bits per heavy atom. The SMILES string of the molecule is O=S(=O)(c1ccc(Cl)cc1)c1sc2c(ccc[n+]2[O-])c1-c1ccc(Cl)cc1. The first-order valence-corrected chi connectivity index (χ1v) is 10.8. The lowest BCUT2D eigenvalue weighted by atomic mass is 10.1. The Morgan fingerprint density at radius 3 is 2.11 bits per heavy atom. The standard InChI is InChI=1S/C19H11Cl2NO3S2/c20-13-5-3-12(4-6-13)17-16-2-1-11-22(23)18(16)26-19(17)27(24,25)15-9-7-14(21)8-10-15/h1-11H. The lowest BCUT2D eigenvalue weighted by Gasteiger charge is -2.07. The Kier molecular flexibility index (Phi) is 4.60. The fourth-order valence-electron chi connectivity index (χ4n) is 2.81. The van der Waals surface area contributed by atoms with Crippen LogP contribution in [0.4, 0.5) is 0 Å². The van der Waals surface area contributed by atoms with Crippen LogP contribution in [-0.4, -0.2) is 8.42 Å². The highest BCUT2D eigenvalue weighted by Gasteiger charge is 2.29. The maximum absolute atomic E-state index is 13.3. The van der Waals surface area contributed by atoms with Gasteiger partial charge in [0.05, 0.1) is 10.3 Å². The summed E-state index contributed by atoms with van der Waals surface area (Å²) >= 11 is 12.8. The second-order valence-electron chi connectivity index (χ2n) is 5.78. The summed E-state index contributed by atoms with van der Waals surface area (Å²) in [4.78, 5) is 0.445. The van der Waals surface area contributed by atoms with Crippen LogP contribution < -0.4 is 4.73 Å². The van der Waals surface area contributed by atoms with Crippen LogP contribution >= 0.6 is 34.5 Å². The molecule has 0 atom stereocenters. The van der Waals surface area contributed by atoms with Gasteiger partial charge < -0.3 is 5.21 Å². The molecule has 0 saturated carbocycles. The van der Waals surface area contributed by atoms with Crippen LogP contribution in [-0.2, 0) is 9.84 Å². The molecule has 2 heterocycles. The predicted molar refractivity (Wildman–Crippen MR) is 108 cm³/mol. The summed E-state index contributed by atoms with van der Waals surface area (Å²) in [5.41, 5.74) is 1.16. The highest BCUT2D eigenvalue weighted by molar-refractivity contribution is 7.93. The molecule has 0 unspecified atom stereocenters. The molecule has 4 nitrogen and oxygen atoms in total. The third-order valence-electron chi connectivity index (χ3n) is 4.08. The maximum Gasteiger partial charge on any atom is 0.282 e. The van der Waals surface area contributed by atoms with E-state index in [1.807, 2.05) is 0 Å². The fraction of sp³-hybridized carbons (Fsp3) is 0. The van der Waals surface area contributed by atoms with Crippen molar-refractivity contribution in [3.63, 3.8) is 0 Å². The normalized spacial score (nSPS) is 11.8. The zero-order valence-electron chi connectivity index (χ0n) is 13.6. The number of thiophene rings is 1. The van der Waals surface area contributed by atoms with Gasteiger partial charge in [-0.2, -0.15) is 4.73 Å². The number of halogens is 2. The molecular formula is C19H11Cl2NO3S2. The van der Waals surface area contributed by atoms with E-state index in [-0.39, 0.29) is 9.10 Å². The summed E-state index contributed by atoms with van der Waals surface area (Å²) in [6, 6.07) is 16.2. The molecule has 0 fully saturated rings. The van der Waals surface area contributed by atoms with Crippen LogP contribution in [0.2, 0.25) is 10.0 Å². The van der Waals surface area contributed by atoms with E-state index in [1.165, 1.54) is 30.5 Å². The van der Waals surface area contributed by atoms with Crippen LogP contribution in [0, 0.1) is 5.21 Å². The number of benzene rings is 2. The average Bonchev–Trinajstić information content (AvgIpc) is 3.05. The second-order valence-corrected chi connectivity index (χ2v) is 9.80. The van der Waals surface area contributed by atoms with Gasteiger partial charge in [0.1, 0.15) is 4.21 Å². The van der Waals surface area contributed by atoms with Gasteiger partial charge in [-0.05, 0) is 48.0 Å². The van der Waals surface area contributed by atoms with Gasteiger partial charge >= 0.3 is 0 Å². The quantitative estimate of drug-likeness (QED) is 0.322. The number of nitrogens with zero attached hydrogens (tertiary/aromatic N) is 1. The van der Waals surface area contributed by atoms with Crippen LogP contribution in [0.15, 0.2) is 76.0 Å². The molecule has 0 aliphatic heterocycles. The summed E-state index contributed by atoms with van der Waals surface area (Å²) in [5.74, 6) is 0. The van der Waals surface area contributed by atoms with Crippen molar-refractivity contribution in [1.82, 2.24) is 0 Å². The zero-order valence-corrected chi connectivity index (χ0v) is 16.7. The van der Waals surface area contributed by atoms with E-state index in [0.717, 1.165) is 11.3 Å². The van der Waals surface area contributed by atoms with Gasteiger partial charge in [0.25, 0.3) is 4.83 Å². The molecule has 0 aliphatic rings. The van der Waals surface area contributed by atoms with Gasteiger partial charge in [0, 0.05) is 21.7 Å². The van der Waals surface area contributed by atoms with E-state index in [4.69, 9.17) is 23.2 Å². The molecule has 0 bridgehead atoms. The Balaban J connectivity index is 2.05. The molecule has 4 rings (SSSR count). The van der Waals surface area contributed by atoms with Crippen molar-refractivity contribution in [2.75, 3.05) is 0 Å². The molecule has 8 heteroatoms. The topological polar surface area (TPSA) is 61.1 Å². The number of aromatic nitrogens is 1. The number of rotatable bonds is 3. The molecule has 0 N–H and O–H groups in total. The summed E-state index contributed by atoms with van der Waals surface area (Å²) in [7, 11) is -3.85. The van der Waals surface area contributed by atoms with Gasteiger partial charge in [-0.15, -0.1) is 0 Å². The number of sulfone groups is 1. The molecule has 0 radical (unpaired) electrons. The summed E-state index contributed by atoms with van der Waals surface area (Å²) in [6.07, 6.45) is 1.35. The molecule has 2 aromatic heterocycles. The maximum atomic E-state index is 13.3. The van der Waals surface area contributed by atoms with Crippen LogP contribution in [0.3, 0.4) is 0 Å². The van der Waals surface area contributed by atoms with E-state index in [2.05, 4.69) is 0 Å². The third kappa shape index (κ3) is 3.19. The van der Waals surface area contributed by atoms with Crippen LogP contribution in [0.5, 0.6) is 0 Å². The highest BCUT2D eigenvalue weighted by atomic mass is 35.5. The van der Waals surface area contributed by atoms with Gasteiger partial charge in [0.2, 0.25) is 9.84 Å². The van der Waals surface area contributed by atoms with E-state index in [0.29, 0.717) is 36.1 Å². The molecule has 0 spiro atoms. The Bertz CT molecular complexity index is 1250. The van der Waals surface area contributed by atoms with Crippen molar-refractivity contribution in [2.45, 2.75) is 9.10 Å². The monoisotopic (exact) mass is 435 g/mol. The van der Waals surface area contributed by atoms with Crippen molar-refractivity contribution >= 4 is 54.6 Å². The van der Waals surface area contributed by atoms with Crippen molar-refractivity contribution in [2.24, 2.45) is 0 Å². The molecular weight excluding hydrogens is 425 g/mol. The average molecular weight is 436 g/mol. The van der Waals surface area contributed by atoms with E-state index in [9.17, 15) is 13.6 Å². The first kappa shape index (κ1) is 18.3. The van der Waals surface area contributed by atoms with Crippen molar-refractivity contribution in [3.8, 4) is 11.1 Å². The van der Waals surface area contributed by atoms with Crippen molar-refractivity contribution < 1.29 is 13.1 Å². The first-order valence-electron chi connectivity index (χ1n) is 7.79. The number of pyridine rings is 1. The Hall–Kier alpha value is -2.12. The van der Waals surface area contributed by atoms with E-state index >= 15 is 0 Å². The zero-order chi connectivity index (χ0) is 19.2. The first-order chi connectivity index (χ1) is 12.9. The van der Waals surface area contributed by atoms with Crippen LogP contribution in [0.25, 0.3) is 21.3 Å². The minimum Gasteiger partial charge on any atom is -0.618 e. The van der Waals surface area contributed by atoms with E-state index in [1.54, 1.807) is 36.4 Å². The summed E-state index contributed by atoms with van der Waals surface area (Å²) < 4.78 is 27.4. The summed E-state index contributed by atoms with van der Waals surface area (Å²) in [5, 5.41) is 13.8. The molecule has 0 saturated heterocycles. The second kappa shape index (κ2) is 6.80. The Labute approximate surface area is 169 Å². The highest BCUT2D eigenvalue weighted by Crippen LogP contribution is 2.42. The van der Waals surface area contributed by atoms with E-state index < -0.39 is 9.84 Å². The third-order valence-corrected chi connectivity index (χ3v) is 8.06.